The number of anilines is 1. The van der Waals surface area contributed by atoms with Crippen molar-refractivity contribution in [3.63, 3.8) is 0 Å². The van der Waals surface area contributed by atoms with Crippen molar-refractivity contribution in [1.29, 1.82) is 5.26 Å². The number of rotatable bonds is 6. The van der Waals surface area contributed by atoms with Crippen LogP contribution in [-0.2, 0) is 17.6 Å². The normalized spacial score (nSPS) is 22.8. The molecule has 2 N–H and O–H groups in total. The van der Waals surface area contributed by atoms with Gasteiger partial charge >= 0.3 is 0 Å². The third-order valence-electron chi connectivity index (χ3n) is 5.72. The van der Waals surface area contributed by atoms with Crippen molar-refractivity contribution in [3.05, 3.63) is 45.8 Å². The predicted octanol–water partition coefficient (Wildman–Crippen LogP) is 3.86. The molecule has 0 spiro atoms. The summed E-state index contributed by atoms with van der Waals surface area (Å²) in [5.74, 6) is 1.16. The maximum absolute atomic E-state index is 12.8. The van der Waals surface area contributed by atoms with Gasteiger partial charge in [0.25, 0.3) is 0 Å². The first-order chi connectivity index (χ1) is 13.7. The fraction of sp³-hybridized carbons (Fsp3) is 0.455. The van der Waals surface area contributed by atoms with E-state index in [-0.39, 0.29) is 30.3 Å². The average molecular weight is 397 g/mol. The summed E-state index contributed by atoms with van der Waals surface area (Å²) in [6.07, 6.45) is 3.27. The molecular weight excluding hydrogens is 372 g/mol. The lowest BCUT2D eigenvalue weighted by Gasteiger charge is -2.19. The number of para-hydroxylation sites is 1. The number of amides is 1. The molecule has 3 unspecified atom stereocenters. The average Bonchev–Trinajstić information content (AvgIpc) is 3.43. The molecule has 1 amide bonds. The Morgan fingerprint density at radius 2 is 2.25 bits per heavy atom. The minimum Gasteiger partial charge on any atom is -0.494 e. The van der Waals surface area contributed by atoms with E-state index in [4.69, 9.17) is 4.74 Å². The van der Waals surface area contributed by atoms with E-state index in [1.54, 1.807) is 0 Å². The molecule has 0 aliphatic heterocycles. The number of nitrogens with zero attached hydrogens (tertiary/aromatic N) is 1. The van der Waals surface area contributed by atoms with Crippen molar-refractivity contribution in [3.8, 4) is 11.8 Å². The van der Waals surface area contributed by atoms with Crippen LogP contribution in [0.2, 0.25) is 0 Å². The Kier molecular flexibility index (Phi) is 5.38. The first kappa shape index (κ1) is 19.0. The van der Waals surface area contributed by atoms with Crippen molar-refractivity contribution in [2.45, 2.75) is 38.5 Å². The van der Waals surface area contributed by atoms with Gasteiger partial charge in [0.2, 0.25) is 5.91 Å². The summed E-state index contributed by atoms with van der Waals surface area (Å²) < 4.78 is 5.70. The zero-order valence-corrected chi connectivity index (χ0v) is 16.7. The minimum atomic E-state index is -0.0857. The number of thiophene rings is 1. The van der Waals surface area contributed by atoms with Gasteiger partial charge in [0.1, 0.15) is 16.8 Å². The lowest BCUT2D eigenvalue weighted by Crippen LogP contribution is -2.16. The number of nitrogens with one attached hydrogen (secondary N) is 1. The van der Waals surface area contributed by atoms with Crippen molar-refractivity contribution < 1.29 is 14.6 Å². The summed E-state index contributed by atoms with van der Waals surface area (Å²) in [4.78, 5) is 14.0. The minimum absolute atomic E-state index is 0.0230. The standard InChI is InChI=1S/C22H24N2O3S/c1-2-27-19-6-4-3-5-14(19)16-10-17(16)21(26)24-22-18(11-23)15-8-7-13(12-25)9-20(15)28-22/h3-6,13,16-17,25H,2,7-10,12H2,1H3,(H,24,26). The number of carbonyl (C=O) groups excluding carboxylic acids is 1. The molecule has 4 rings (SSSR count). The van der Waals surface area contributed by atoms with Gasteiger partial charge in [-0.3, -0.25) is 4.79 Å². The van der Waals surface area contributed by atoms with Gasteiger partial charge < -0.3 is 15.2 Å². The van der Waals surface area contributed by atoms with Gasteiger partial charge in [-0.1, -0.05) is 18.2 Å². The van der Waals surface area contributed by atoms with E-state index >= 15 is 0 Å². The molecule has 6 heteroatoms. The highest BCUT2D eigenvalue weighted by atomic mass is 32.1. The first-order valence-electron chi connectivity index (χ1n) is 9.84. The van der Waals surface area contributed by atoms with Crippen LogP contribution in [0.5, 0.6) is 5.75 Å². The second-order valence-electron chi connectivity index (χ2n) is 7.52. The van der Waals surface area contributed by atoms with E-state index in [2.05, 4.69) is 11.4 Å². The molecule has 1 saturated carbocycles. The fourth-order valence-corrected chi connectivity index (χ4v) is 5.44. The monoisotopic (exact) mass is 396 g/mol. The van der Waals surface area contributed by atoms with Crippen LogP contribution >= 0.6 is 11.3 Å². The summed E-state index contributed by atoms with van der Waals surface area (Å²) in [7, 11) is 0. The SMILES string of the molecule is CCOc1ccccc1C1CC1C(=O)Nc1sc2c(c1C#N)CCC(CO)C2. The molecule has 0 saturated heterocycles. The first-order valence-corrected chi connectivity index (χ1v) is 10.7. The quantitative estimate of drug-likeness (QED) is 0.777. The highest BCUT2D eigenvalue weighted by Crippen LogP contribution is 2.51. The Hall–Kier alpha value is -2.36. The van der Waals surface area contributed by atoms with Crippen LogP contribution in [-0.4, -0.2) is 24.2 Å². The number of fused-ring (bicyclic) bond motifs is 1. The van der Waals surface area contributed by atoms with Gasteiger partial charge in [-0.05, 0) is 61.6 Å². The number of hydrogen-bond donors (Lipinski definition) is 2. The molecule has 146 valence electrons. The van der Waals surface area contributed by atoms with E-state index in [1.165, 1.54) is 11.3 Å². The Balaban J connectivity index is 1.49. The maximum atomic E-state index is 12.8. The van der Waals surface area contributed by atoms with Gasteiger partial charge in [0, 0.05) is 17.4 Å². The molecule has 2 aliphatic carbocycles. The summed E-state index contributed by atoms with van der Waals surface area (Å²) in [6.45, 7) is 2.73. The number of hydrogen-bond acceptors (Lipinski definition) is 5. The van der Waals surface area contributed by atoms with Gasteiger partial charge in [-0.15, -0.1) is 11.3 Å². The molecule has 1 aromatic carbocycles. The summed E-state index contributed by atoms with van der Waals surface area (Å²) in [5.41, 5.74) is 2.75. The van der Waals surface area contributed by atoms with Crippen LogP contribution < -0.4 is 10.1 Å². The van der Waals surface area contributed by atoms with Crippen LogP contribution in [0.3, 0.4) is 0 Å². The molecule has 1 heterocycles. The number of aliphatic hydroxyl groups excluding tert-OH is 1. The molecule has 0 bridgehead atoms. The Morgan fingerprint density at radius 1 is 1.43 bits per heavy atom. The van der Waals surface area contributed by atoms with E-state index in [9.17, 15) is 15.2 Å². The van der Waals surface area contributed by atoms with E-state index in [1.807, 2.05) is 31.2 Å². The van der Waals surface area contributed by atoms with Gasteiger partial charge in [-0.25, -0.2) is 0 Å². The predicted molar refractivity (Wildman–Crippen MR) is 109 cm³/mol. The molecular formula is C22H24N2O3S. The summed E-state index contributed by atoms with van der Waals surface area (Å²) in [6, 6.07) is 10.2. The van der Waals surface area contributed by atoms with Crippen molar-refractivity contribution >= 4 is 22.2 Å². The third kappa shape index (κ3) is 3.52. The van der Waals surface area contributed by atoms with Crippen LogP contribution in [0.1, 0.15) is 47.3 Å². The molecule has 2 aliphatic rings. The van der Waals surface area contributed by atoms with Crippen LogP contribution in [0.4, 0.5) is 5.00 Å². The van der Waals surface area contributed by atoms with E-state index in [0.29, 0.717) is 17.2 Å². The summed E-state index contributed by atoms with van der Waals surface area (Å²) in [5, 5.41) is 22.7. The third-order valence-corrected chi connectivity index (χ3v) is 6.89. The highest BCUT2D eigenvalue weighted by Gasteiger charge is 2.45. The van der Waals surface area contributed by atoms with Crippen molar-refractivity contribution in [1.82, 2.24) is 0 Å². The number of ether oxygens (including phenoxy) is 1. The van der Waals surface area contributed by atoms with Crippen molar-refractivity contribution in [2.24, 2.45) is 11.8 Å². The molecule has 28 heavy (non-hydrogen) atoms. The molecule has 3 atom stereocenters. The lowest BCUT2D eigenvalue weighted by atomic mass is 9.88. The Bertz CT molecular complexity index is 930. The lowest BCUT2D eigenvalue weighted by molar-refractivity contribution is -0.117. The molecule has 1 aromatic heterocycles. The molecule has 2 aromatic rings. The van der Waals surface area contributed by atoms with Gasteiger partial charge in [0.05, 0.1) is 12.2 Å². The summed E-state index contributed by atoms with van der Waals surface area (Å²) >= 11 is 1.50. The molecule has 0 radical (unpaired) electrons. The van der Waals surface area contributed by atoms with Crippen LogP contribution in [0.25, 0.3) is 0 Å². The second kappa shape index (κ2) is 7.94. The zero-order chi connectivity index (χ0) is 19.7. The number of carbonyl (C=O) groups is 1. The number of benzene rings is 1. The zero-order valence-electron chi connectivity index (χ0n) is 15.9. The number of aliphatic hydroxyl groups is 1. The number of nitriles is 1. The van der Waals surface area contributed by atoms with E-state index in [0.717, 1.165) is 47.4 Å². The topological polar surface area (TPSA) is 82.3 Å². The Morgan fingerprint density at radius 3 is 3.00 bits per heavy atom. The smallest absolute Gasteiger partial charge is 0.228 e. The van der Waals surface area contributed by atoms with Crippen LogP contribution in [0, 0.1) is 23.2 Å². The Labute approximate surface area is 169 Å². The maximum Gasteiger partial charge on any atom is 0.228 e. The highest BCUT2D eigenvalue weighted by molar-refractivity contribution is 7.16. The second-order valence-corrected chi connectivity index (χ2v) is 8.63. The van der Waals surface area contributed by atoms with Crippen LogP contribution in [0.15, 0.2) is 24.3 Å². The van der Waals surface area contributed by atoms with Crippen molar-refractivity contribution in [2.75, 3.05) is 18.5 Å². The molecule has 1 fully saturated rings. The van der Waals surface area contributed by atoms with Gasteiger partial charge in [0.15, 0.2) is 0 Å². The molecule has 5 nitrogen and oxygen atoms in total. The van der Waals surface area contributed by atoms with E-state index < -0.39 is 0 Å². The van der Waals surface area contributed by atoms with Gasteiger partial charge in [-0.2, -0.15) is 5.26 Å². The fourth-order valence-electron chi connectivity index (χ4n) is 4.12. The largest absolute Gasteiger partial charge is 0.494 e.